The molecule has 0 radical (unpaired) electrons. The first-order valence-corrected chi connectivity index (χ1v) is 11.1. The lowest BCUT2D eigenvalue weighted by Gasteiger charge is -2.15. The number of aryl methyl sites for hydroxylation is 1. The van der Waals surface area contributed by atoms with E-state index >= 15 is 0 Å². The fourth-order valence-corrected chi connectivity index (χ4v) is 4.07. The molecule has 2 N–H and O–H groups in total. The van der Waals surface area contributed by atoms with Gasteiger partial charge in [0, 0.05) is 18.3 Å². The van der Waals surface area contributed by atoms with E-state index in [1.165, 1.54) is 12.0 Å². The van der Waals surface area contributed by atoms with Crippen LogP contribution >= 0.6 is 0 Å². The molecule has 0 amide bonds. The van der Waals surface area contributed by atoms with Crippen LogP contribution < -0.4 is 15.4 Å². The SMILES string of the molecule is Cc1cc(Nc2ncnc3ccc(C4=CCNCC4)nc23)ccc1Oc1ccc2ocnc2c1. The molecule has 1 aliphatic heterocycles. The second-order valence-electron chi connectivity index (χ2n) is 8.16. The minimum absolute atomic E-state index is 0.672. The first-order valence-electron chi connectivity index (χ1n) is 11.1. The van der Waals surface area contributed by atoms with Gasteiger partial charge in [0.1, 0.15) is 28.9 Å². The summed E-state index contributed by atoms with van der Waals surface area (Å²) in [6.45, 7) is 3.83. The van der Waals surface area contributed by atoms with E-state index in [2.05, 4.69) is 31.7 Å². The number of nitrogens with one attached hydrogen (secondary N) is 2. The summed E-state index contributed by atoms with van der Waals surface area (Å²) in [6.07, 6.45) is 6.13. The summed E-state index contributed by atoms with van der Waals surface area (Å²) < 4.78 is 11.4. The summed E-state index contributed by atoms with van der Waals surface area (Å²) in [4.78, 5) is 17.9. The molecular formula is C26H22N6O2. The van der Waals surface area contributed by atoms with Crippen LogP contribution in [0.5, 0.6) is 11.5 Å². The number of pyridine rings is 1. The first-order chi connectivity index (χ1) is 16.7. The Balaban J connectivity index is 1.27. The summed E-state index contributed by atoms with van der Waals surface area (Å²) in [6, 6.07) is 15.5. The quantitative estimate of drug-likeness (QED) is 0.368. The van der Waals surface area contributed by atoms with Gasteiger partial charge < -0.3 is 19.8 Å². The maximum Gasteiger partial charge on any atom is 0.181 e. The maximum absolute atomic E-state index is 6.09. The molecule has 0 saturated heterocycles. The van der Waals surface area contributed by atoms with E-state index in [0.717, 1.165) is 64.3 Å². The van der Waals surface area contributed by atoms with Crippen LogP contribution in [0, 0.1) is 6.92 Å². The summed E-state index contributed by atoms with van der Waals surface area (Å²) >= 11 is 0. The van der Waals surface area contributed by atoms with Crippen molar-refractivity contribution in [3.05, 3.63) is 78.6 Å². The maximum atomic E-state index is 6.09. The Bertz CT molecular complexity index is 1540. The molecule has 6 rings (SSSR count). The van der Waals surface area contributed by atoms with Crippen LogP contribution in [0.25, 0.3) is 27.7 Å². The molecule has 168 valence electrons. The largest absolute Gasteiger partial charge is 0.457 e. The molecule has 34 heavy (non-hydrogen) atoms. The Labute approximate surface area is 195 Å². The lowest BCUT2D eigenvalue weighted by Crippen LogP contribution is -2.20. The van der Waals surface area contributed by atoms with Crippen molar-refractivity contribution in [3.63, 3.8) is 0 Å². The van der Waals surface area contributed by atoms with Crippen molar-refractivity contribution >= 4 is 39.2 Å². The number of nitrogens with zero attached hydrogens (tertiary/aromatic N) is 4. The Morgan fingerprint density at radius 2 is 1.97 bits per heavy atom. The van der Waals surface area contributed by atoms with Crippen molar-refractivity contribution in [2.45, 2.75) is 13.3 Å². The zero-order chi connectivity index (χ0) is 22.9. The molecule has 2 aromatic carbocycles. The number of hydrogen-bond donors (Lipinski definition) is 2. The van der Waals surface area contributed by atoms with Gasteiger partial charge in [-0.15, -0.1) is 0 Å². The predicted octanol–water partition coefficient (Wildman–Crippen LogP) is 5.39. The average molecular weight is 451 g/mol. The van der Waals surface area contributed by atoms with Crippen molar-refractivity contribution in [2.24, 2.45) is 0 Å². The van der Waals surface area contributed by atoms with E-state index in [-0.39, 0.29) is 0 Å². The van der Waals surface area contributed by atoms with E-state index in [4.69, 9.17) is 14.1 Å². The Hall–Kier alpha value is -4.30. The average Bonchev–Trinajstić information content (AvgIpc) is 3.34. The van der Waals surface area contributed by atoms with Gasteiger partial charge in [0.2, 0.25) is 0 Å². The summed E-state index contributed by atoms with van der Waals surface area (Å²) in [7, 11) is 0. The molecule has 0 atom stereocenters. The topological polar surface area (TPSA) is 98.0 Å². The molecule has 0 aliphatic carbocycles. The third-order valence-electron chi connectivity index (χ3n) is 5.84. The number of oxazole rings is 1. The zero-order valence-corrected chi connectivity index (χ0v) is 18.6. The van der Waals surface area contributed by atoms with Crippen LogP contribution in [0.3, 0.4) is 0 Å². The second kappa shape index (κ2) is 8.57. The van der Waals surface area contributed by atoms with Crippen LogP contribution in [0.15, 0.2) is 71.7 Å². The molecule has 0 saturated carbocycles. The van der Waals surface area contributed by atoms with E-state index in [9.17, 15) is 0 Å². The third kappa shape index (κ3) is 3.95. The number of hydrogen-bond acceptors (Lipinski definition) is 8. The van der Waals surface area contributed by atoms with Crippen LogP contribution in [0.2, 0.25) is 0 Å². The normalized spacial score (nSPS) is 13.7. The van der Waals surface area contributed by atoms with Crippen LogP contribution in [-0.4, -0.2) is 33.0 Å². The molecule has 1 aliphatic rings. The third-order valence-corrected chi connectivity index (χ3v) is 5.84. The molecular weight excluding hydrogens is 428 g/mol. The number of benzene rings is 2. The molecule has 3 aromatic heterocycles. The van der Waals surface area contributed by atoms with E-state index in [1.807, 2.05) is 55.5 Å². The van der Waals surface area contributed by atoms with Gasteiger partial charge in [0.05, 0.1) is 11.2 Å². The Morgan fingerprint density at radius 1 is 1.00 bits per heavy atom. The smallest absolute Gasteiger partial charge is 0.181 e. The van der Waals surface area contributed by atoms with Crippen molar-refractivity contribution in [2.75, 3.05) is 18.4 Å². The number of rotatable bonds is 5. The lowest BCUT2D eigenvalue weighted by molar-refractivity contribution is 0.479. The van der Waals surface area contributed by atoms with Gasteiger partial charge >= 0.3 is 0 Å². The van der Waals surface area contributed by atoms with E-state index < -0.39 is 0 Å². The highest BCUT2D eigenvalue weighted by Crippen LogP contribution is 2.31. The van der Waals surface area contributed by atoms with Gasteiger partial charge in [-0.25, -0.2) is 19.9 Å². The van der Waals surface area contributed by atoms with Crippen LogP contribution in [0.4, 0.5) is 11.5 Å². The second-order valence-corrected chi connectivity index (χ2v) is 8.16. The highest BCUT2D eigenvalue weighted by molar-refractivity contribution is 5.88. The van der Waals surface area contributed by atoms with Gasteiger partial charge in [-0.1, -0.05) is 6.08 Å². The monoisotopic (exact) mass is 450 g/mol. The highest BCUT2D eigenvalue weighted by atomic mass is 16.5. The standard InChI is InChI=1S/C26H22N6O2/c1-16-12-18(2-6-23(16)34-19-3-7-24-22(13-19)30-15-33-24)31-26-25-21(28-14-29-26)5-4-20(32-25)17-8-10-27-11-9-17/h2-8,12-15,27H,9-11H2,1H3,(H,28,29,31). The summed E-state index contributed by atoms with van der Waals surface area (Å²) in [5, 5.41) is 6.74. The van der Waals surface area contributed by atoms with Gasteiger partial charge in [-0.05, 0) is 73.5 Å². The fraction of sp³-hybridized carbons (Fsp3) is 0.154. The van der Waals surface area contributed by atoms with Crippen LogP contribution in [-0.2, 0) is 0 Å². The molecule has 0 bridgehead atoms. The molecule has 0 fully saturated rings. The molecule has 5 aromatic rings. The van der Waals surface area contributed by atoms with Gasteiger partial charge in [0.15, 0.2) is 17.8 Å². The van der Waals surface area contributed by atoms with Crippen molar-refractivity contribution < 1.29 is 9.15 Å². The molecule has 8 heteroatoms. The summed E-state index contributed by atoms with van der Waals surface area (Å²) in [5.41, 5.74) is 7.13. The molecule has 8 nitrogen and oxygen atoms in total. The number of ether oxygens (including phenoxy) is 1. The first kappa shape index (κ1) is 20.3. The number of anilines is 2. The number of fused-ring (bicyclic) bond motifs is 2. The molecule has 4 heterocycles. The molecule has 0 unspecified atom stereocenters. The van der Waals surface area contributed by atoms with Crippen molar-refractivity contribution in [1.29, 1.82) is 0 Å². The molecule has 0 spiro atoms. The van der Waals surface area contributed by atoms with Crippen LogP contribution in [0.1, 0.15) is 17.7 Å². The summed E-state index contributed by atoms with van der Waals surface area (Å²) in [5.74, 6) is 2.14. The lowest BCUT2D eigenvalue weighted by atomic mass is 10.1. The van der Waals surface area contributed by atoms with Gasteiger partial charge in [-0.3, -0.25) is 0 Å². The predicted molar refractivity (Wildman–Crippen MR) is 131 cm³/mol. The van der Waals surface area contributed by atoms with E-state index in [1.54, 1.807) is 6.33 Å². The van der Waals surface area contributed by atoms with Gasteiger partial charge in [0.25, 0.3) is 0 Å². The zero-order valence-electron chi connectivity index (χ0n) is 18.6. The Kier molecular flexibility index (Phi) is 5.12. The number of aromatic nitrogens is 4. The van der Waals surface area contributed by atoms with Gasteiger partial charge in [-0.2, -0.15) is 0 Å². The van der Waals surface area contributed by atoms with Crippen molar-refractivity contribution in [1.82, 2.24) is 25.3 Å². The highest BCUT2D eigenvalue weighted by Gasteiger charge is 2.12. The van der Waals surface area contributed by atoms with Crippen molar-refractivity contribution in [3.8, 4) is 11.5 Å². The minimum atomic E-state index is 0.672. The fourth-order valence-electron chi connectivity index (χ4n) is 4.07. The van der Waals surface area contributed by atoms with E-state index in [0.29, 0.717) is 11.6 Å². The minimum Gasteiger partial charge on any atom is -0.457 e. The Morgan fingerprint density at radius 3 is 2.85 bits per heavy atom.